The Morgan fingerprint density at radius 2 is 0.945 bits per heavy atom. The summed E-state index contributed by atoms with van der Waals surface area (Å²) in [7, 11) is 32.4. The molecule has 3 nitrogen and oxygen atoms in total. The maximum absolute atomic E-state index is 6.68. The van der Waals surface area contributed by atoms with Crippen molar-refractivity contribution in [3.63, 3.8) is 0 Å². The fraction of sp³-hybridized carbons (Fsp3) is 0.213. The molecule has 1 heterocycles. The number of nitrogens with zero attached hydrogens (tertiary/aromatic N) is 3. The van der Waals surface area contributed by atoms with Gasteiger partial charge in [-0.05, 0) is 106 Å². The molecule has 7 aromatic rings. The van der Waals surface area contributed by atoms with Crippen molar-refractivity contribution in [2.75, 3.05) is 0 Å². The molecule has 8 heteroatoms. The van der Waals surface area contributed by atoms with Gasteiger partial charge in [0.15, 0.2) is 17.5 Å². The van der Waals surface area contributed by atoms with Gasteiger partial charge >= 0.3 is 0 Å². The topological polar surface area (TPSA) is 38.7 Å². The highest BCUT2D eigenvalue weighted by Crippen LogP contribution is 2.70. The summed E-state index contributed by atoms with van der Waals surface area (Å²) in [6.07, 6.45) is 6.57. The smallest absolute Gasteiger partial charge is 0.164 e. The summed E-state index contributed by atoms with van der Waals surface area (Å²) in [6.45, 7) is 0. The Bertz CT molecular complexity index is 2670. The van der Waals surface area contributed by atoms with E-state index in [1.165, 1.54) is 59.7 Å². The van der Waals surface area contributed by atoms with Crippen LogP contribution in [0, 0.1) is 23.7 Å². The molecule has 0 aliphatic heterocycles. The fourth-order valence-corrected chi connectivity index (χ4v) is 11.5. The largest absolute Gasteiger partial charge is 0.208 e. The summed E-state index contributed by atoms with van der Waals surface area (Å²) in [4.78, 5) is 15.5. The fourth-order valence-electron chi connectivity index (χ4n) is 11.5. The van der Waals surface area contributed by atoms with E-state index in [9.17, 15) is 0 Å². The lowest BCUT2D eigenvalue weighted by Gasteiger charge is -2.61. The van der Waals surface area contributed by atoms with Crippen LogP contribution in [0.2, 0.25) is 0 Å². The quantitative estimate of drug-likeness (QED) is 0.233. The summed E-state index contributed by atoms with van der Waals surface area (Å²) in [5.74, 6) is 4.20. The number of aromatic nitrogens is 3. The molecule has 1 spiro atoms. The molecule has 0 saturated heterocycles. The molecule has 12 rings (SSSR count). The molecule has 4 bridgehead atoms. The first-order chi connectivity index (χ1) is 26.8. The Balaban J connectivity index is 1.18. The van der Waals surface area contributed by atoms with E-state index in [1.54, 1.807) is 0 Å². The van der Waals surface area contributed by atoms with Crippen LogP contribution >= 0.6 is 0 Å². The van der Waals surface area contributed by atoms with Gasteiger partial charge in [-0.2, -0.15) is 0 Å². The zero-order chi connectivity index (χ0) is 37.2. The van der Waals surface area contributed by atoms with Gasteiger partial charge in [-0.15, -0.1) is 16.4 Å². The molecule has 55 heavy (non-hydrogen) atoms. The predicted molar refractivity (Wildman–Crippen MR) is 229 cm³/mol. The molecule has 0 unspecified atom stereocenters. The molecule has 5 aliphatic carbocycles. The zero-order valence-corrected chi connectivity index (χ0v) is 30.5. The summed E-state index contributed by atoms with van der Waals surface area (Å²) in [5, 5.41) is 2.29. The summed E-state index contributed by atoms with van der Waals surface area (Å²) < 4.78 is 0. The normalized spacial score (nSPS) is 23.0. The molecule has 10 radical (unpaired) electrons. The van der Waals surface area contributed by atoms with Crippen LogP contribution in [0.15, 0.2) is 109 Å². The Morgan fingerprint density at radius 3 is 1.64 bits per heavy atom. The molecular formula is C47H32B5N3. The van der Waals surface area contributed by atoms with E-state index in [0.29, 0.717) is 29.0 Å². The zero-order valence-electron chi connectivity index (χ0n) is 30.5. The Kier molecular flexibility index (Phi) is 7.38. The molecule has 6 aromatic carbocycles. The standard InChI is InChI=1S/C47H32B5N3/c48-39-38(40(49)42(51)43(52)41(39)50)46-54-44(28-16-14-27(15-17-28)26-8-2-1-3-9-26)53-45(55-46)34-23-36-37(32-11-5-4-10-31(32)34)33-12-6-7-13-35(33)47(36)29-19-24-18-25(21-29)22-30(47)20-24/h1-17,23-25,29-30H,18-22H2. The first-order valence-electron chi connectivity index (χ1n) is 19.4. The second kappa shape index (κ2) is 12.2. The lowest BCUT2D eigenvalue weighted by atomic mass is 9.43. The molecule has 4 saturated carbocycles. The first kappa shape index (κ1) is 33.3. The van der Waals surface area contributed by atoms with Gasteiger partial charge in [0.2, 0.25) is 0 Å². The van der Waals surface area contributed by atoms with Gasteiger partial charge in [0.25, 0.3) is 0 Å². The van der Waals surface area contributed by atoms with Crippen LogP contribution in [0.25, 0.3) is 67.2 Å². The van der Waals surface area contributed by atoms with Crippen molar-refractivity contribution in [2.24, 2.45) is 23.7 Å². The van der Waals surface area contributed by atoms with Crippen molar-refractivity contribution in [1.82, 2.24) is 15.0 Å². The van der Waals surface area contributed by atoms with Gasteiger partial charge in [0, 0.05) is 22.1 Å². The van der Waals surface area contributed by atoms with E-state index in [2.05, 4.69) is 78.9 Å². The van der Waals surface area contributed by atoms with E-state index in [4.69, 9.17) is 54.2 Å². The van der Waals surface area contributed by atoms with E-state index >= 15 is 0 Å². The van der Waals surface area contributed by atoms with Crippen LogP contribution < -0.4 is 27.3 Å². The van der Waals surface area contributed by atoms with E-state index in [0.717, 1.165) is 39.5 Å². The van der Waals surface area contributed by atoms with Crippen LogP contribution in [0.5, 0.6) is 0 Å². The van der Waals surface area contributed by atoms with Crippen molar-refractivity contribution >= 4 is 77.3 Å². The number of rotatable bonds is 4. The first-order valence-corrected chi connectivity index (χ1v) is 19.4. The minimum atomic E-state index is -0.0429. The number of hydrogen-bond donors (Lipinski definition) is 0. The van der Waals surface area contributed by atoms with Crippen molar-refractivity contribution in [1.29, 1.82) is 0 Å². The van der Waals surface area contributed by atoms with E-state index in [1.807, 2.05) is 30.3 Å². The maximum Gasteiger partial charge on any atom is 0.164 e. The highest BCUT2D eigenvalue weighted by Gasteiger charge is 2.61. The van der Waals surface area contributed by atoms with Crippen LogP contribution in [-0.4, -0.2) is 54.2 Å². The van der Waals surface area contributed by atoms with E-state index < -0.39 is 0 Å². The third-order valence-corrected chi connectivity index (χ3v) is 13.6. The minimum absolute atomic E-state index is 0.0429. The number of fused-ring (bicyclic) bond motifs is 5. The third-order valence-electron chi connectivity index (χ3n) is 13.6. The molecule has 0 N–H and O–H groups in total. The van der Waals surface area contributed by atoms with Crippen molar-refractivity contribution in [2.45, 2.75) is 37.5 Å². The van der Waals surface area contributed by atoms with Gasteiger partial charge in [-0.25, -0.2) is 15.0 Å². The van der Waals surface area contributed by atoms with Crippen molar-refractivity contribution in [3.8, 4) is 56.4 Å². The third kappa shape index (κ3) is 4.73. The SMILES string of the molecule is [B]c1c([B])c([B])c(-c2nc(-c3ccc(-c4ccccc4)cc3)nc(-c3cc4c(c5ccccc35)-c3ccccc3C43C4CC5CC(C4)CC3C5)n2)c([B])c1[B]. The average Bonchev–Trinajstić information content (AvgIpc) is 3.52. The maximum atomic E-state index is 6.68. The number of benzene rings is 6. The van der Waals surface area contributed by atoms with Crippen LogP contribution in [0.4, 0.5) is 0 Å². The molecule has 0 amide bonds. The lowest BCUT2D eigenvalue weighted by Crippen LogP contribution is -2.55. The van der Waals surface area contributed by atoms with Crippen LogP contribution in [-0.2, 0) is 5.41 Å². The lowest BCUT2D eigenvalue weighted by molar-refractivity contribution is -0.0399. The average molecular weight is 693 g/mol. The summed E-state index contributed by atoms with van der Waals surface area (Å²) in [6, 6.07) is 38.9. The van der Waals surface area contributed by atoms with Crippen molar-refractivity contribution in [3.05, 3.63) is 120 Å². The van der Waals surface area contributed by atoms with Gasteiger partial charge in [0.1, 0.15) is 39.2 Å². The second-order valence-electron chi connectivity index (χ2n) is 16.3. The molecule has 4 fully saturated rings. The van der Waals surface area contributed by atoms with Gasteiger partial charge in [-0.3, -0.25) is 0 Å². The Morgan fingerprint density at radius 1 is 0.418 bits per heavy atom. The van der Waals surface area contributed by atoms with Crippen LogP contribution in [0.1, 0.15) is 43.2 Å². The molecule has 250 valence electrons. The summed E-state index contributed by atoms with van der Waals surface area (Å²) in [5.41, 5.74) is 10.8. The van der Waals surface area contributed by atoms with Gasteiger partial charge in [0.05, 0.1) is 0 Å². The Hall–Kier alpha value is -5.09. The highest BCUT2D eigenvalue weighted by atomic mass is 15.0. The van der Waals surface area contributed by atoms with Gasteiger partial charge < -0.3 is 0 Å². The molecule has 0 atom stereocenters. The monoisotopic (exact) mass is 693 g/mol. The predicted octanol–water partition coefficient (Wildman–Crippen LogP) is 5.38. The summed E-state index contributed by atoms with van der Waals surface area (Å²) >= 11 is 0. The van der Waals surface area contributed by atoms with E-state index in [-0.39, 0.29) is 38.6 Å². The Labute approximate surface area is 328 Å². The minimum Gasteiger partial charge on any atom is -0.208 e. The van der Waals surface area contributed by atoms with Crippen molar-refractivity contribution < 1.29 is 0 Å². The highest BCUT2D eigenvalue weighted by molar-refractivity contribution is 6.68. The van der Waals surface area contributed by atoms with Crippen LogP contribution in [0.3, 0.4) is 0 Å². The number of hydrogen-bond acceptors (Lipinski definition) is 3. The molecule has 1 aromatic heterocycles. The molecule has 5 aliphatic rings. The van der Waals surface area contributed by atoms with Gasteiger partial charge in [-0.1, -0.05) is 114 Å². The second-order valence-corrected chi connectivity index (χ2v) is 16.3. The molecular weight excluding hydrogens is 661 g/mol.